The van der Waals surface area contributed by atoms with Crippen LogP contribution in [0.4, 0.5) is 0 Å². The van der Waals surface area contributed by atoms with Crippen LogP contribution in [0, 0.1) is 6.92 Å². The van der Waals surface area contributed by atoms with E-state index in [1.54, 1.807) is 7.11 Å². The fourth-order valence-electron chi connectivity index (χ4n) is 3.11. The molecule has 1 aromatic carbocycles. The predicted molar refractivity (Wildman–Crippen MR) is 75.3 cm³/mol. The number of aryl methyl sites for hydroxylation is 1. The van der Waals surface area contributed by atoms with Gasteiger partial charge in [-0.2, -0.15) is 0 Å². The molecule has 0 radical (unpaired) electrons. The Bertz CT molecular complexity index is 595. The quantitative estimate of drug-likeness (QED) is 0.896. The molecule has 19 heavy (non-hydrogen) atoms. The molecule has 0 aliphatic heterocycles. The minimum absolute atomic E-state index is 0.0347. The summed E-state index contributed by atoms with van der Waals surface area (Å²) in [6.07, 6.45) is 4.59. The van der Waals surface area contributed by atoms with E-state index in [-0.39, 0.29) is 6.04 Å². The average molecular weight is 254 g/mol. The highest BCUT2D eigenvalue weighted by Gasteiger charge is 2.34. The first kappa shape index (κ1) is 12.2. The second-order valence-electron chi connectivity index (χ2n) is 5.09. The zero-order valence-corrected chi connectivity index (χ0v) is 11.3. The van der Waals surface area contributed by atoms with Gasteiger partial charge in [0.15, 0.2) is 0 Å². The van der Waals surface area contributed by atoms with Crippen molar-refractivity contribution in [3.63, 3.8) is 0 Å². The first-order valence-corrected chi connectivity index (χ1v) is 6.54. The van der Waals surface area contributed by atoms with Gasteiger partial charge in [-0.05, 0) is 53.8 Å². The van der Waals surface area contributed by atoms with Crippen molar-refractivity contribution in [1.82, 2.24) is 4.98 Å². The number of fused-ring (bicyclic) bond motifs is 1. The molecule has 3 rings (SSSR count). The summed E-state index contributed by atoms with van der Waals surface area (Å²) < 4.78 is 5.48. The van der Waals surface area contributed by atoms with Crippen molar-refractivity contribution in [1.29, 1.82) is 0 Å². The Labute approximate surface area is 113 Å². The lowest BCUT2D eigenvalue weighted by Gasteiger charge is -2.17. The van der Waals surface area contributed by atoms with Crippen LogP contribution in [0.1, 0.15) is 34.2 Å². The topological polar surface area (TPSA) is 48.1 Å². The number of nitrogens with two attached hydrogens (primary N) is 1. The van der Waals surface area contributed by atoms with E-state index in [0.29, 0.717) is 5.92 Å². The molecule has 0 fully saturated rings. The maximum atomic E-state index is 6.47. The van der Waals surface area contributed by atoms with Gasteiger partial charge < -0.3 is 10.5 Å². The Balaban J connectivity index is 2.06. The summed E-state index contributed by atoms with van der Waals surface area (Å²) in [5.74, 6) is 1.26. The number of hydrogen-bond donors (Lipinski definition) is 1. The number of ether oxygens (including phenoxy) is 1. The molecule has 1 aliphatic carbocycles. The summed E-state index contributed by atoms with van der Waals surface area (Å²) in [7, 11) is 1.72. The lowest BCUT2D eigenvalue weighted by Crippen LogP contribution is -2.16. The van der Waals surface area contributed by atoms with Crippen molar-refractivity contribution in [2.75, 3.05) is 7.11 Å². The van der Waals surface area contributed by atoms with Gasteiger partial charge in [0.1, 0.15) is 5.75 Å². The summed E-state index contributed by atoms with van der Waals surface area (Å²) in [6, 6.07) is 8.27. The normalized spacial score (nSPS) is 21.2. The maximum Gasteiger partial charge on any atom is 0.122 e. The zero-order valence-electron chi connectivity index (χ0n) is 11.3. The molecular weight excluding hydrogens is 236 g/mol. The molecule has 0 amide bonds. The van der Waals surface area contributed by atoms with Crippen molar-refractivity contribution < 1.29 is 4.74 Å². The van der Waals surface area contributed by atoms with E-state index in [0.717, 1.165) is 12.2 Å². The van der Waals surface area contributed by atoms with Gasteiger partial charge in [0.2, 0.25) is 0 Å². The van der Waals surface area contributed by atoms with Gasteiger partial charge in [-0.15, -0.1) is 0 Å². The fourth-order valence-corrected chi connectivity index (χ4v) is 3.11. The second-order valence-corrected chi connectivity index (χ2v) is 5.09. The van der Waals surface area contributed by atoms with Crippen LogP contribution in [0.5, 0.6) is 5.75 Å². The van der Waals surface area contributed by atoms with Crippen LogP contribution in [0.25, 0.3) is 0 Å². The first-order chi connectivity index (χ1) is 9.22. The van der Waals surface area contributed by atoms with Gasteiger partial charge in [0.05, 0.1) is 7.11 Å². The fraction of sp³-hybridized carbons (Fsp3) is 0.312. The Morgan fingerprint density at radius 3 is 2.63 bits per heavy atom. The SMILES string of the molecule is COc1ccc(C)c2c1CC(c1ccncc1)C2N. The van der Waals surface area contributed by atoms with E-state index >= 15 is 0 Å². The van der Waals surface area contributed by atoms with E-state index in [1.165, 1.54) is 22.3 Å². The molecule has 0 bridgehead atoms. The number of aromatic nitrogens is 1. The van der Waals surface area contributed by atoms with E-state index in [2.05, 4.69) is 30.1 Å². The third kappa shape index (κ3) is 1.90. The highest BCUT2D eigenvalue weighted by atomic mass is 16.5. The van der Waals surface area contributed by atoms with Crippen molar-refractivity contribution >= 4 is 0 Å². The van der Waals surface area contributed by atoms with Crippen molar-refractivity contribution in [2.45, 2.75) is 25.3 Å². The molecule has 0 spiro atoms. The molecule has 3 nitrogen and oxygen atoms in total. The molecule has 98 valence electrons. The molecule has 2 unspecified atom stereocenters. The number of benzene rings is 1. The average Bonchev–Trinajstić information content (AvgIpc) is 2.79. The largest absolute Gasteiger partial charge is 0.496 e. The molecule has 0 saturated heterocycles. The number of pyridine rings is 1. The molecule has 2 aromatic rings. The summed E-state index contributed by atoms with van der Waals surface area (Å²) >= 11 is 0. The highest BCUT2D eigenvalue weighted by molar-refractivity contribution is 5.52. The van der Waals surface area contributed by atoms with Crippen molar-refractivity contribution in [2.24, 2.45) is 5.73 Å². The van der Waals surface area contributed by atoms with Crippen LogP contribution in [-0.2, 0) is 6.42 Å². The van der Waals surface area contributed by atoms with Gasteiger partial charge >= 0.3 is 0 Å². The van der Waals surface area contributed by atoms with Gasteiger partial charge in [0.25, 0.3) is 0 Å². The van der Waals surface area contributed by atoms with E-state index in [4.69, 9.17) is 10.5 Å². The third-order valence-electron chi connectivity index (χ3n) is 4.08. The van der Waals surface area contributed by atoms with Crippen molar-refractivity contribution in [3.8, 4) is 5.75 Å². The zero-order chi connectivity index (χ0) is 13.4. The Morgan fingerprint density at radius 2 is 1.95 bits per heavy atom. The van der Waals surface area contributed by atoms with Crippen LogP contribution in [0.3, 0.4) is 0 Å². The van der Waals surface area contributed by atoms with E-state index in [9.17, 15) is 0 Å². The molecular formula is C16H18N2O. The summed E-state index contributed by atoms with van der Waals surface area (Å²) in [4.78, 5) is 4.08. The molecule has 1 aromatic heterocycles. The lowest BCUT2D eigenvalue weighted by atomic mass is 9.93. The summed E-state index contributed by atoms with van der Waals surface area (Å²) in [5, 5.41) is 0. The van der Waals surface area contributed by atoms with E-state index in [1.807, 2.05) is 18.5 Å². The summed E-state index contributed by atoms with van der Waals surface area (Å²) in [5.41, 5.74) is 11.5. The summed E-state index contributed by atoms with van der Waals surface area (Å²) in [6.45, 7) is 2.12. The van der Waals surface area contributed by atoms with Gasteiger partial charge in [-0.3, -0.25) is 4.98 Å². The van der Waals surface area contributed by atoms with Gasteiger partial charge in [-0.1, -0.05) is 6.07 Å². The maximum absolute atomic E-state index is 6.47. The highest BCUT2D eigenvalue weighted by Crippen LogP contribution is 2.45. The molecule has 1 aliphatic rings. The van der Waals surface area contributed by atoms with Gasteiger partial charge in [0, 0.05) is 24.4 Å². The third-order valence-corrected chi connectivity index (χ3v) is 4.08. The first-order valence-electron chi connectivity index (χ1n) is 6.54. The van der Waals surface area contributed by atoms with Crippen LogP contribution in [0.2, 0.25) is 0 Å². The molecule has 2 N–H and O–H groups in total. The molecule has 0 saturated carbocycles. The number of methoxy groups -OCH3 is 1. The van der Waals surface area contributed by atoms with Crippen LogP contribution in [0.15, 0.2) is 36.7 Å². The monoisotopic (exact) mass is 254 g/mol. The van der Waals surface area contributed by atoms with Crippen LogP contribution in [-0.4, -0.2) is 12.1 Å². The predicted octanol–water partition coefficient (Wildman–Crippen LogP) is 2.74. The number of hydrogen-bond acceptors (Lipinski definition) is 3. The Morgan fingerprint density at radius 1 is 1.21 bits per heavy atom. The second kappa shape index (κ2) is 4.67. The Hall–Kier alpha value is -1.87. The standard InChI is InChI=1S/C16H18N2O/c1-10-3-4-14(19-2)13-9-12(16(17)15(10)13)11-5-7-18-8-6-11/h3-8,12,16H,9,17H2,1-2H3. The smallest absolute Gasteiger partial charge is 0.122 e. The lowest BCUT2D eigenvalue weighted by molar-refractivity contribution is 0.409. The van der Waals surface area contributed by atoms with E-state index < -0.39 is 0 Å². The number of rotatable bonds is 2. The molecule has 1 heterocycles. The molecule has 2 atom stereocenters. The number of nitrogens with zero attached hydrogens (tertiary/aromatic N) is 1. The van der Waals surface area contributed by atoms with Crippen molar-refractivity contribution in [3.05, 3.63) is 58.9 Å². The van der Waals surface area contributed by atoms with Gasteiger partial charge in [-0.25, -0.2) is 0 Å². The Kier molecular flexibility index (Phi) is 2.99. The minimum atomic E-state index is 0.0347. The molecule has 3 heteroatoms. The van der Waals surface area contributed by atoms with Crippen LogP contribution >= 0.6 is 0 Å². The minimum Gasteiger partial charge on any atom is -0.496 e. The van der Waals surface area contributed by atoms with Crippen LogP contribution < -0.4 is 10.5 Å².